The monoisotopic (exact) mass is 267 g/mol. The maximum Gasteiger partial charge on any atom is 0.119 e. The minimum Gasteiger partial charge on any atom is -0.492 e. The highest BCUT2D eigenvalue weighted by Crippen LogP contribution is 2.25. The molecule has 0 fully saturated rings. The van der Waals surface area contributed by atoms with Gasteiger partial charge in [0.2, 0.25) is 0 Å². The third-order valence-electron chi connectivity index (χ3n) is 3.82. The number of ether oxygens (including phenoxy) is 1. The van der Waals surface area contributed by atoms with Crippen molar-refractivity contribution in [2.75, 3.05) is 18.5 Å². The van der Waals surface area contributed by atoms with Crippen LogP contribution in [-0.2, 0) is 12.8 Å². The molecule has 0 radical (unpaired) electrons. The second-order valence-electron chi connectivity index (χ2n) is 5.43. The van der Waals surface area contributed by atoms with Crippen molar-refractivity contribution in [3.63, 3.8) is 0 Å². The first-order valence-corrected chi connectivity index (χ1v) is 7.36. The lowest BCUT2D eigenvalue weighted by atomic mass is 10.1. The van der Waals surface area contributed by atoms with E-state index in [1.807, 2.05) is 0 Å². The van der Waals surface area contributed by atoms with E-state index in [1.54, 1.807) is 0 Å². The first-order valence-electron chi connectivity index (χ1n) is 7.36. The molecule has 0 saturated carbocycles. The van der Waals surface area contributed by atoms with Crippen molar-refractivity contribution in [3.05, 3.63) is 59.2 Å². The van der Waals surface area contributed by atoms with Gasteiger partial charge < -0.3 is 10.1 Å². The molecule has 104 valence electrons. The quantitative estimate of drug-likeness (QED) is 0.827. The summed E-state index contributed by atoms with van der Waals surface area (Å²) in [6.45, 7) is 3.60. The zero-order chi connectivity index (χ0) is 13.8. The molecule has 0 spiro atoms. The Morgan fingerprint density at radius 2 is 1.80 bits per heavy atom. The van der Waals surface area contributed by atoms with Crippen molar-refractivity contribution < 1.29 is 4.74 Å². The van der Waals surface area contributed by atoms with Crippen molar-refractivity contribution in [3.8, 4) is 5.75 Å². The third-order valence-corrected chi connectivity index (χ3v) is 3.82. The first-order chi connectivity index (χ1) is 9.81. The van der Waals surface area contributed by atoms with E-state index in [1.165, 1.54) is 36.0 Å². The largest absolute Gasteiger partial charge is 0.492 e. The molecule has 0 atom stereocenters. The van der Waals surface area contributed by atoms with Crippen LogP contribution in [0.2, 0.25) is 0 Å². The summed E-state index contributed by atoms with van der Waals surface area (Å²) < 4.78 is 5.81. The van der Waals surface area contributed by atoms with Crippen LogP contribution in [0.4, 0.5) is 5.69 Å². The van der Waals surface area contributed by atoms with E-state index in [-0.39, 0.29) is 0 Å². The molecule has 2 heteroatoms. The average Bonchev–Trinajstić information content (AvgIpc) is 2.93. The van der Waals surface area contributed by atoms with E-state index >= 15 is 0 Å². The lowest BCUT2D eigenvalue weighted by Crippen LogP contribution is -2.11. The fourth-order valence-electron chi connectivity index (χ4n) is 2.67. The Kier molecular flexibility index (Phi) is 3.91. The highest BCUT2D eigenvalue weighted by atomic mass is 16.5. The van der Waals surface area contributed by atoms with Gasteiger partial charge >= 0.3 is 0 Å². The molecule has 0 saturated heterocycles. The van der Waals surface area contributed by atoms with Gasteiger partial charge in [0.15, 0.2) is 0 Å². The van der Waals surface area contributed by atoms with Gasteiger partial charge in [0.25, 0.3) is 0 Å². The molecular weight excluding hydrogens is 246 g/mol. The molecule has 1 N–H and O–H groups in total. The molecule has 1 aliphatic rings. The molecule has 3 rings (SSSR count). The molecule has 0 aromatic heterocycles. The lowest BCUT2D eigenvalue weighted by Gasteiger charge is -2.10. The molecule has 2 nitrogen and oxygen atoms in total. The number of benzene rings is 2. The van der Waals surface area contributed by atoms with Crippen LogP contribution in [-0.4, -0.2) is 13.2 Å². The molecular formula is C18H21NO. The van der Waals surface area contributed by atoms with Gasteiger partial charge in [-0.25, -0.2) is 0 Å². The van der Waals surface area contributed by atoms with Crippen LogP contribution in [0.1, 0.15) is 23.1 Å². The lowest BCUT2D eigenvalue weighted by molar-refractivity contribution is 0.332. The average molecular weight is 267 g/mol. The molecule has 0 amide bonds. The molecule has 0 bridgehead atoms. The van der Waals surface area contributed by atoms with E-state index in [9.17, 15) is 0 Å². The Balaban J connectivity index is 1.47. The Hall–Kier alpha value is -1.96. The van der Waals surface area contributed by atoms with Crippen LogP contribution in [0, 0.1) is 6.92 Å². The number of nitrogens with one attached hydrogen (secondary N) is 1. The fourth-order valence-corrected chi connectivity index (χ4v) is 2.67. The van der Waals surface area contributed by atoms with Crippen molar-refractivity contribution in [2.24, 2.45) is 0 Å². The topological polar surface area (TPSA) is 21.3 Å². The number of fused-ring (bicyclic) bond motifs is 1. The van der Waals surface area contributed by atoms with E-state index < -0.39 is 0 Å². The van der Waals surface area contributed by atoms with E-state index in [2.05, 4.69) is 54.7 Å². The Morgan fingerprint density at radius 3 is 2.65 bits per heavy atom. The summed E-state index contributed by atoms with van der Waals surface area (Å²) in [7, 11) is 0. The molecule has 1 aliphatic carbocycles. The molecule has 0 heterocycles. The standard InChI is InChI=1S/C18H21NO/c1-14-5-8-17(9-6-14)19-11-12-20-18-10-7-15-3-2-4-16(15)13-18/h5-10,13,19H,2-4,11-12H2,1H3. The summed E-state index contributed by atoms with van der Waals surface area (Å²) in [4.78, 5) is 0. The zero-order valence-electron chi connectivity index (χ0n) is 12.0. The van der Waals surface area contributed by atoms with E-state index in [4.69, 9.17) is 4.74 Å². The number of anilines is 1. The van der Waals surface area contributed by atoms with Gasteiger partial charge in [0.1, 0.15) is 12.4 Å². The first kappa shape index (κ1) is 13.0. The van der Waals surface area contributed by atoms with Crippen molar-refractivity contribution in [1.29, 1.82) is 0 Å². The number of hydrogen-bond acceptors (Lipinski definition) is 2. The predicted molar refractivity (Wildman–Crippen MR) is 83.6 cm³/mol. The third kappa shape index (κ3) is 3.13. The minimum atomic E-state index is 0.687. The second-order valence-corrected chi connectivity index (χ2v) is 5.43. The highest BCUT2D eigenvalue weighted by Gasteiger charge is 2.10. The van der Waals surface area contributed by atoms with Crippen LogP contribution >= 0.6 is 0 Å². The van der Waals surface area contributed by atoms with Crippen LogP contribution in [0.5, 0.6) is 5.75 Å². The van der Waals surface area contributed by atoms with Crippen LogP contribution < -0.4 is 10.1 Å². The summed E-state index contributed by atoms with van der Waals surface area (Å²) in [6, 6.07) is 14.9. The second kappa shape index (κ2) is 6.00. The zero-order valence-corrected chi connectivity index (χ0v) is 12.0. The van der Waals surface area contributed by atoms with Gasteiger partial charge in [-0.15, -0.1) is 0 Å². The van der Waals surface area contributed by atoms with Gasteiger partial charge in [-0.05, 0) is 61.6 Å². The Labute approximate surface area is 120 Å². The van der Waals surface area contributed by atoms with Gasteiger partial charge in [0, 0.05) is 12.2 Å². The summed E-state index contributed by atoms with van der Waals surface area (Å²) in [5.74, 6) is 0.997. The summed E-state index contributed by atoms with van der Waals surface area (Å²) in [5.41, 5.74) is 5.39. The maximum atomic E-state index is 5.81. The number of aryl methyl sites for hydroxylation is 3. The summed E-state index contributed by atoms with van der Waals surface area (Å²) in [5, 5.41) is 3.37. The maximum absolute atomic E-state index is 5.81. The summed E-state index contributed by atoms with van der Waals surface area (Å²) in [6.07, 6.45) is 3.71. The Morgan fingerprint density at radius 1 is 1.00 bits per heavy atom. The van der Waals surface area contributed by atoms with Crippen LogP contribution in [0.25, 0.3) is 0 Å². The van der Waals surface area contributed by atoms with Crippen LogP contribution in [0.15, 0.2) is 42.5 Å². The van der Waals surface area contributed by atoms with Crippen molar-refractivity contribution >= 4 is 5.69 Å². The SMILES string of the molecule is Cc1ccc(NCCOc2ccc3c(c2)CCC3)cc1. The Bertz CT molecular complexity index is 574. The van der Waals surface area contributed by atoms with Gasteiger partial charge in [-0.1, -0.05) is 23.8 Å². The van der Waals surface area contributed by atoms with E-state index in [0.717, 1.165) is 18.0 Å². The predicted octanol–water partition coefficient (Wildman–Crippen LogP) is 3.97. The number of hydrogen-bond donors (Lipinski definition) is 1. The van der Waals surface area contributed by atoms with Gasteiger partial charge in [-0.2, -0.15) is 0 Å². The molecule has 2 aromatic carbocycles. The smallest absolute Gasteiger partial charge is 0.119 e. The van der Waals surface area contributed by atoms with Gasteiger partial charge in [0.05, 0.1) is 0 Å². The minimum absolute atomic E-state index is 0.687. The molecule has 2 aromatic rings. The fraction of sp³-hybridized carbons (Fsp3) is 0.333. The molecule has 20 heavy (non-hydrogen) atoms. The summed E-state index contributed by atoms with van der Waals surface area (Å²) >= 11 is 0. The molecule has 0 unspecified atom stereocenters. The van der Waals surface area contributed by atoms with Crippen molar-refractivity contribution in [1.82, 2.24) is 0 Å². The molecule has 0 aliphatic heterocycles. The van der Waals surface area contributed by atoms with E-state index in [0.29, 0.717) is 6.61 Å². The highest BCUT2D eigenvalue weighted by molar-refractivity contribution is 5.44. The van der Waals surface area contributed by atoms with Crippen molar-refractivity contribution in [2.45, 2.75) is 26.2 Å². The number of rotatable bonds is 5. The van der Waals surface area contributed by atoms with Gasteiger partial charge in [-0.3, -0.25) is 0 Å². The van der Waals surface area contributed by atoms with Crippen LogP contribution in [0.3, 0.4) is 0 Å². The normalized spacial score (nSPS) is 13.1.